The predicted molar refractivity (Wildman–Crippen MR) is 156 cm³/mol. The third kappa shape index (κ3) is 6.77. The van der Waals surface area contributed by atoms with Crippen LogP contribution in [-0.4, -0.2) is 67.9 Å². The molecule has 41 heavy (non-hydrogen) atoms. The van der Waals surface area contributed by atoms with Gasteiger partial charge in [0, 0.05) is 48.3 Å². The number of halogens is 1. The van der Waals surface area contributed by atoms with E-state index >= 15 is 0 Å². The summed E-state index contributed by atoms with van der Waals surface area (Å²) in [6.45, 7) is 7.15. The average molecular weight is 583 g/mol. The molecule has 0 radical (unpaired) electrons. The summed E-state index contributed by atoms with van der Waals surface area (Å²) >= 11 is 6.40. The summed E-state index contributed by atoms with van der Waals surface area (Å²) in [5, 5.41) is 6.53. The Bertz CT molecular complexity index is 1420. The molecule has 3 aromatic rings. The van der Waals surface area contributed by atoms with Gasteiger partial charge in [0.25, 0.3) is 0 Å². The second kappa shape index (κ2) is 12.4. The minimum Gasteiger partial charge on any atom is -0.493 e. The molecular formula is C30H35ClN4O6. The topological polar surface area (TPSA) is 111 Å². The molecule has 2 aromatic carbocycles. The highest BCUT2D eigenvalue weighted by Gasteiger charge is 2.41. The average Bonchev–Trinajstić information content (AvgIpc) is 2.93. The molecule has 2 aliphatic rings. The lowest BCUT2D eigenvalue weighted by Crippen LogP contribution is -2.52. The molecule has 5 rings (SSSR count). The van der Waals surface area contributed by atoms with E-state index in [1.54, 1.807) is 49.7 Å². The SMILES string of the molecule is COc1cc2c(Oc3ccc(NC(=O)NC(C)C)c(Cl)c3)ccnc2cc1OCCC(=O)N1CCC2(CC1)COC2. The van der Waals surface area contributed by atoms with Gasteiger partial charge in [0.1, 0.15) is 11.5 Å². The molecule has 2 saturated heterocycles. The number of ether oxygens (including phenoxy) is 4. The summed E-state index contributed by atoms with van der Waals surface area (Å²) in [5.74, 6) is 2.13. The first-order chi connectivity index (χ1) is 19.7. The highest BCUT2D eigenvalue weighted by atomic mass is 35.5. The van der Waals surface area contributed by atoms with Crippen molar-refractivity contribution in [2.24, 2.45) is 5.41 Å². The monoisotopic (exact) mass is 582 g/mol. The number of nitrogens with one attached hydrogen (secondary N) is 2. The highest BCUT2D eigenvalue weighted by molar-refractivity contribution is 6.33. The summed E-state index contributed by atoms with van der Waals surface area (Å²) in [4.78, 5) is 31.2. The maximum absolute atomic E-state index is 12.8. The molecule has 1 spiro atoms. The zero-order valence-corrected chi connectivity index (χ0v) is 24.3. The van der Waals surface area contributed by atoms with E-state index in [0.717, 1.165) is 39.1 Å². The molecule has 0 saturated carbocycles. The second-order valence-electron chi connectivity index (χ2n) is 10.8. The summed E-state index contributed by atoms with van der Waals surface area (Å²) in [7, 11) is 1.56. The summed E-state index contributed by atoms with van der Waals surface area (Å²) in [5.41, 5.74) is 1.40. The van der Waals surface area contributed by atoms with Crippen LogP contribution in [0.2, 0.25) is 5.02 Å². The normalized spacial score (nSPS) is 15.9. The number of fused-ring (bicyclic) bond motifs is 1. The Balaban J connectivity index is 1.23. The Hall–Kier alpha value is -3.76. The zero-order chi connectivity index (χ0) is 29.0. The first kappa shape index (κ1) is 28.8. The number of aromatic nitrogens is 1. The highest BCUT2D eigenvalue weighted by Crippen LogP contribution is 2.39. The standard InChI is InChI=1S/C30H35ClN4O6/c1-19(2)33-29(37)34-23-5-4-20(14-22(23)31)41-25-6-10-32-24-16-27(26(38-3)15-21(24)25)40-13-7-28(36)35-11-8-30(9-12-35)17-39-18-30/h4-6,10,14-16,19H,7-9,11-13,17-18H2,1-3H3,(H2,33,34,37). The van der Waals surface area contributed by atoms with E-state index in [-0.39, 0.29) is 31.0 Å². The molecule has 10 nitrogen and oxygen atoms in total. The van der Waals surface area contributed by atoms with Gasteiger partial charge in [-0.15, -0.1) is 0 Å². The first-order valence-electron chi connectivity index (χ1n) is 13.8. The number of pyridine rings is 1. The fourth-order valence-electron chi connectivity index (χ4n) is 5.01. The van der Waals surface area contributed by atoms with Crippen LogP contribution in [0.15, 0.2) is 42.6 Å². The number of benzene rings is 2. The third-order valence-electron chi connectivity index (χ3n) is 7.39. The number of anilines is 1. The number of urea groups is 1. The van der Waals surface area contributed by atoms with Gasteiger partial charge in [-0.05, 0) is 51.0 Å². The number of amides is 3. The molecule has 0 aliphatic carbocycles. The van der Waals surface area contributed by atoms with E-state index in [1.807, 2.05) is 18.7 Å². The number of nitrogens with zero attached hydrogens (tertiary/aromatic N) is 2. The van der Waals surface area contributed by atoms with Crippen molar-refractivity contribution in [3.8, 4) is 23.0 Å². The van der Waals surface area contributed by atoms with E-state index in [0.29, 0.717) is 50.0 Å². The minimum atomic E-state index is -0.339. The van der Waals surface area contributed by atoms with Crippen LogP contribution in [0.4, 0.5) is 10.5 Å². The maximum Gasteiger partial charge on any atom is 0.319 e. The Morgan fingerprint density at radius 3 is 2.54 bits per heavy atom. The smallest absolute Gasteiger partial charge is 0.319 e. The van der Waals surface area contributed by atoms with Gasteiger partial charge in [0.05, 0.1) is 49.6 Å². The minimum absolute atomic E-state index is 0.00266. The molecule has 0 bridgehead atoms. The largest absolute Gasteiger partial charge is 0.493 e. The third-order valence-corrected chi connectivity index (χ3v) is 7.70. The number of rotatable bonds is 9. The van der Waals surface area contributed by atoms with Crippen LogP contribution < -0.4 is 24.8 Å². The lowest BCUT2D eigenvalue weighted by atomic mass is 9.77. The van der Waals surface area contributed by atoms with Gasteiger partial charge < -0.3 is 34.5 Å². The van der Waals surface area contributed by atoms with Crippen LogP contribution in [0.5, 0.6) is 23.0 Å². The van der Waals surface area contributed by atoms with Crippen molar-refractivity contribution < 1.29 is 28.5 Å². The van der Waals surface area contributed by atoms with Crippen LogP contribution in [-0.2, 0) is 9.53 Å². The number of hydrogen-bond donors (Lipinski definition) is 2. The van der Waals surface area contributed by atoms with Gasteiger partial charge >= 0.3 is 6.03 Å². The van der Waals surface area contributed by atoms with Crippen molar-refractivity contribution in [2.45, 2.75) is 39.2 Å². The molecule has 1 aromatic heterocycles. The van der Waals surface area contributed by atoms with E-state index in [2.05, 4.69) is 15.6 Å². The van der Waals surface area contributed by atoms with Gasteiger partial charge in [-0.25, -0.2) is 4.79 Å². The van der Waals surface area contributed by atoms with Crippen LogP contribution in [0, 0.1) is 5.41 Å². The molecule has 2 N–H and O–H groups in total. The van der Waals surface area contributed by atoms with Gasteiger partial charge in [-0.2, -0.15) is 0 Å². The van der Waals surface area contributed by atoms with E-state index in [1.165, 1.54) is 0 Å². The predicted octanol–water partition coefficient (Wildman–Crippen LogP) is 5.63. The number of likely N-dealkylation sites (tertiary alicyclic amines) is 1. The van der Waals surface area contributed by atoms with Crippen molar-refractivity contribution in [1.29, 1.82) is 0 Å². The fraction of sp³-hybridized carbons (Fsp3) is 0.433. The van der Waals surface area contributed by atoms with Gasteiger partial charge in [0.2, 0.25) is 5.91 Å². The summed E-state index contributed by atoms with van der Waals surface area (Å²) < 4.78 is 23.1. The van der Waals surface area contributed by atoms with Crippen LogP contribution >= 0.6 is 11.6 Å². The Morgan fingerprint density at radius 1 is 1.10 bits per heavy atom. The fourth-order valence-corrected chi connectivity index (χ4v) is 5.23. The number of piperidine rings is 1. The molecule has 218 valence electrons. The Kier molecular flexibility index (Phi) is 8.70. The molecular weight excluding hydrogens is 548 g/mol. The van der Waals surface area contributed by atoms with Gasteiger partial charge in [-0.1, -0.05) is 11.6 Å². The molecule has 11 heteroatoms. The molecule has 0 unspecified atom stereocenters. The second-order valence-corrected chi connectivity index (χ2v) is 11.2. The van der Waals surface area contributed by atoms with Gasteiger partial charge in [0.15, 0.2) is 11.5 Å². The lowest BCUT2D eigenvalue weighted by Gasteiger charge is -2.47. The van der Waals surface area contributed by atoms with Crippen molar-refractivity contribution in [3.63, 3.8) is 0 Å². The van der Waals surface area contributed by atoms with Crippen molar-refractivity contribution in [2.75, 3.05) is 45.3 Å². The lowest BCUT2D eigenvalue weighted by molar-refractivity contribution is -0.153. The van der Waals surface area contributed by atoms with E-state index < -0.39 is 0 Å². The van der Waals surface area contributed by atoms with E-state index in [4.69, 9.17) is 30.5 Å². The Morgan fingerprint density at radius 2 is 1.88 bits per heavy atom. The quantitative estimate of drug-likeness (QED) is 0.336. The van der Waals surface area contributed by atoms with Crippen molar-refractivity contribution >= 4 is 40.1 Å². The van der Waals surface area contributed by atoms with E-state index in [9.17, 15) is 9.59 Å². The summed E-state index contributed by atoms with van der Waals surface area (Å²) in [6, 6.07) is 10.0. The molecule has 3 heterocycles. The van der Waals surface area contributed by atoms with Crippen LogP contribution in [0.25, 0.3) is 10.9 Å². The van der Waals surface area contributed by atoms with Crippen LogP contribution in [0.1, 0.15) is 33.1 Å². The zero-order valence-electron chi connectivity index (χ0n) is 23.5. The number of carbonyl (C=O) groups excluding carboxylic acids is 2. The van der Waals surface area contributed by atoms with Gasteiger partial charge in [-0.3, -0.25) is 9.78 Å². The van der Waals surface area contributed by atoms with Crippen LogP contribution in [0.3, 0.4) is 0 Å². The Labute approximate surface area is 244 Å². The molecule has 3 amide bonds. The number of carbonyl (C=O) groups is 2. The molecule has 0 atom stereocenters. The first-order valence-corrected chi connectivity index (χ1v) is 14.1. The number of methoxy groups -OCH3 is 1. The molecule has 2 fully saturated rings. The summed E-state index contributed by atoms with van der Waals surface area (Å²) in [6.07, 6.45) is 3.92. The maximum atomic E-state index is 12.8. The molecule has 2 aliphatic heterocycles. The number of hydrogen-bond acceptors (Lipinski definition) is 7. The van der Waals surface area contributed by atoms with Crippen molar-refractivity contribution in [1.82, 2.24) is 15.2 Å². The van der Waals surface area contributed by atoms with Crippen molar-refractivity contribution in [3.05, 3.63) is 47.6 Å².